The van der Waals surface area contributed by atoms with E-state index in [-0.39, 0.29) is 11.5 Å². The molecular formula is C19H19NO4. The Labute approximate surface area is 140 Å². The third kappa shape index (κ3) is 2.97. The predicted molar refractivity (Wildman–Crippen MR) is 90.5 cm³/mol. The molecule has 24 heavy (non-hydrogen) atoms. The van der Waals surface area contributed by atoms with Crippen molar-refractivity contribution in [1.29, 1.82) is 0 Å². The van der Waals surface area contributed by atoms with Crippen LogP contribution in [0.1, 0.15) is 34.8 Å². The van der Waals surface area contributed by atoms with Gasteiger partial charge in [0, 0.05) is 0 Å². The van der Waals surface area contributed by atoms with Crippen molar-refractivity contribution in [2.24, 2.45) is 0 Å². The zero-order valence-corrected chi connectivity index (χ0v) is 13.7. The van der Waals surface area contributed by atoms with Gasteiger partial charge in [0.15, 0.2) is 6.10 Å². The van der Waals surface area contributed by atoms with Gasteiger partial charge in [-0.3, -0.25) is 4.79 Å². The predicted octanol–water partition coefficient (Wildman–Crippen LogP) is 3.40. The van der Waals surface area contributed by atoms with Crippen LogP contribution in [0, 0.1) is 6.92 Å². The number of hydrogen-bond acceptors (Lipinski definition) is 3. The summed E-state index contributed by atoms with van der Waals surface area (Å²) in [5.41, 5.74) is 2.91. The maximum atomic E-state index is 12.7. The second-order valence-corrected chi connectivity index (χ2v) is 5.91. The lowest BCUT2D eigenvalue weighted by Gasteiger charge is -2.34. The molecule has 0 saturated carbocycles. The second kappa shape index (κ2) is 6.35. The largest absolute Gasteiger partial charge is 0.478 e. The first-order valence-electron chi connectivity index (χ1n) is 7.90. The van der Waals surface area contributed by atoms with E-state index in [0.29, 0.717) is 18.7 Å². The standard InChI is InChI=1S/C19H19NO4/c1-3-16-18(21)20(15-10-12(2)4-9-17(15)24-16)11-13-5-7-14(8-6-13)19(22)23/h4-10,16H,3,11H2,1-2H3,(H,22,23). The van der Waals surface area contributed by atoms with Gasteiger partial charge in [-0.1, -0.05) is 25.1 Å². The molecule has 0 radical (unpaired) electrons. The van der Waals surface area contributed by atoms with E-state index in [1.165, 1.54) is 0 Å². The lowest BCUT2D eigenvalue weighted by Crippen LogP contribution is -2.45. The summed E-state index contributed by atoms with van der Waals surface area (Å²) in [5.74, 6) is -0.330. The van der Waals surface area contributed by atoms with E-state index < -0.39 is 12.1 Å². The molecule has 1 heterocycles. The molecule has 2 aromatic carbocycles. The monoisotopic (exact) mass is 325 g/mol. The third-order valence-corrected chi connectivity index (χ3v) is 4.13. The maximum absolute atomic E-state index is 12.7. The fraction of sp³-hybridized carbons (Fsp3) is 0.263. The molecule has 0 spiro atoms. The highest BCUT2D eigenvalue weighted by Crippen LogP contribution is 2.36. The minimum absolute atomic E-state index is 0.0714. The van der Waals surface area contributed by atoms with E-state index in [9.17, 15) is 9.59 Å². The molecular weight excluding hydrogens is 306 g/mol. The van der Waals surface area contributed by atoms with E-state index in [2.05, 4.69) is 0 Å². The Bertz CT molecular complexity index is 782. The van der Waals surface area contributed by atoms with Crippen LogP contribution in [0.2, 0.25) is 0 Å². The molecule has 1 unspecified atom stereocenters. The topological polar surface area (TPSA) is 66.8 Å². The molecule has 5 nitrogen and oxygen atoms in total. The van der Waals surface area contributed by atoms with E-state index in [4.69, 9.17) is 9.84 Å². The van der Waals surface area contributed by atoms with Crippen LogP contribution in [0.15, 0.2) is 42.5 Å². The molecule has 5 heteroatoms. The van der Waals surface area contributed by atoms with Crippen LogP contribution in [-0.2, 0) is 11.3 Å². The average molecular weight is 325 g/mol. The Kier molecular flexibility index (Phi) is 4.25. The van der Waals surface area contributed by atoms with Gasteiger partial charge in [-0.2, -0.15) is 0 Å². The van der Waals surface area contributed by atoms with Crippen molar-refractivity contribution in [2.45, 2.75) is 32.9 Å². The van der Waals surface area contributed by atoms with Crippen LogP contribution in [0.5, 0.6) is 5.75 Å². The minimum Gasteiger partial charge on any atom is -0.478 e. The summed E-state index contributed by atoms with van der Waals surface area (Å²) in [6.45, 7) is 4.27. The molecule has 0 saturated heterocycles. The minimum atomic E-state index is -0.962. The van der Waals surface area contributed by atoms with Gasteiger partial charge in [0.25, 0.3) is 5.91 Å². The number of carboxylic acids is 1. The molecule has 0 bridgehead atoms. The van der Waals surface area contributed by atoms with E-state index in [1.807, 2.05) is 32.0 Å². The van der Waals surface area contributed by atoms with Crippen molar-refractivity contribution in [3.05, 3.63) is 59.2 Å². The number of carbonyl (C=O) groups is 2. The summed E-state index contributed by atoms with van der Waals surface area (Å²) >= 11 is 0. The number of rotatable bonds is 4. The Hall–Kier alpha value is -2.82. The quantitative estimate of drug-likeness (QED) is 0.935. The summed E-state index contributed by atoms with van der Waals surface area (Å²) in [6.07, 6.45) is 0.110. The summed E-state index contributed by atoms with van der Waals surface area (Å²) in [7, 11) is 0. The summed E-state index contributed by atoms with van der Waals surface area (Å²) < 4.78 is 5.80. The molecule has 3 rings (SSSR count). The number of nitrogens with zero attached hydrogens (tertiary/aromatic N) is 1. The average Bonchev–Trinajstić information content (AvgIpc) is 2.58. The summed E-state index contributed by atoms with van der Waals surface area (Å²) in [4.78, 5) is 25.4. The van der Waals surface area contributed by atoms with Crippen LogP contribution < -0.4 is 9.64 Å². The SMILES string of the molecule is CCC1Oc2ccc(C)cc2N(Cc2ccc(C(=O)O)cc2)C1=O. The maximum Gasteiger partial charge on any atom is 0.335 e. The van der Waals surface area contributed by atoms with Crippen molar-refractivity contribution in [2.75, 3.05) is 4.90 Å². The number of amides is 1. The van der Waals surface area contributed by atoms with Crippen LogP contribution in [0.25, 0.3) is 0 Å². The van der Waals surface area contributed by atoms with Gasteiger partial charge in [-0.25, -0.2) is 4.79 Å². The second-order valence-electron chi connectivity index (χ2n) is 5.91. The van der Waals surface area contributed by atoms with Crippen LogP contribution >= 0.6 is 0 Å². The lowest BCUT2D eigenvalue weighted by molar-refractivity contribution is -0.126. The van der Waals surface area contributed by atoms with Gasteiger partial charge in [-0.05, 0) is 48.7 Å². The molecule has 0 aromatic heterocycles. The van der Waals surface area contributed by atoms with Gasteiger partial charge in [0.05, 0.1) is 17.8 Å². The highest BCUT2D eigenvalue weighted by atomic mass is 16.5. The zero-order valence-electron chi connectivity index (χ0n) is 13.7. The molecule has 1 atom stereocenters. The number of benzene rings is 2. The van der Waals surface area contributed by atoms with E-state index >= 15 is 0 Å². The van der Waals surface area contributed by atoms with Crippen LogP contribution in [0.3, 0.4) is 0 Å². The molecule has 1 amide bonds. The molecule has 1 aliphatic rings. The number of carboxylic acid groups (broad SMARTS) is 1. The summed E-state index contributed by atoms with van der Waals surface area (Å²) in [6, 6.07) is 12.4. The van der Waals surface area contributed by atoms with E-state index in [1.54, 1.807) is 29.2 Å². The number of hydrogen-bond donors (Lipinski definition) is 1. The van der Waals surface area contributed by atoms with Crippen molar-refractivity contribution < 1.29 is 19.4 Å². The number of aryl methyl sites for hydroxylation is 1. The number of anilines is 1. The normalized spacial score (nSPS) is 16.5. The van der Waals surface area contributed by atoms with Crippen molar-refractivity contribution >= 4 is 17.6 Å². The smallest absolute Gasteiger partial charge is 0.335 e. The molecule has 2 aromatic rings. The number of ether oxygens (including phenoxy) is 1. The van der Waals surface area contributed by atoms with Crippen molar-refractivity contribution in [3.63, 3.8) is 0 Å². The Morgan fingerprint density at radius 1 is 1.21 bits per heavy atom. The summed E-state index contributed by atoms with van der Waals surface area (Å²) in [5, 5.41) is 8.99. The van der Waals surface area contributed by atoms with Gasteiger partial charge >= 0.3 is 5.97 Å². The molecule has 1 N–H and O–H groups in total. The fourth-order valence-electron chi connectivity index (χ4n) is 2.79. The molecule has 1 aliphatic heterocycles. The van der Waals surface area contributed by atoms with Crippen molar-refractivity contribution in [1.82, 2.24) is 0 Å². The van der Waals surface area contributed by atoms with Gasteiger partial charge in [-0.15, -0.1) is 0 Å². The Morgan fingerprint density at radius 2 is 1.92 bits per heavy atom. The lowest BCUT2D eigenvalue weighted by atomic mass is 10.1. The highest BCUT2D eigenvalue weighted by molar-refractivity contribution is 6.00. The number of aromatic carboxylic acids is 1. The molecule has 0 fully saturated rings. The van der Waals surface area contributed by atoms with Crippen LogP contribution in [-0.4, -0.2) is 23.1 Å². The highest BCUT2D eigenvalue weighted by Gasteiger charge is 2.33. The first-order chi connectivity index (χ1) is 11.5. The van der Waals surface area contributed by atoms with Gasteiger partial charge < -0.3 is 14.7 Å². The molecule has 0 aliphatic carbocycles. The number of fused-ring (bicyclic) bond motifs is 1. The van der Waals surface area contributed by atoms with Gasteiger partial charge in [0.2, 0.25) is 0 Å². The number of carbonyl (C=O) groups excluding carboxylic acids is 1. The first-order valence-corrected chi connectivity index (χ1v) is 7.90. The van der Waals surface area contributed by atoms with E-state index in [0.717, 1.165) is 16.8 Å². The zero-order chi connectivity index (χ0) is 17.3. The van der Waals surface area contributed by atoms with Gasteiger partial charge in [0.1, 0.15) is 5.75 Å². The molecule has 124 valence electrons. The fourth-order valence-corrected chi connectivity index (χ4v) is 2.79. The van der Waals surface area contributed by atoms with Crippen molar-refractivity contribution in [3.8, 4) is 5.75 Å². The first kappa shape index (κ1) is 16.1. The Balaban J connectivity index is 1.94. The third-order valence-electron chi connectivity index (χ3n) is 4.13. The van der Waals surface area contributed by atoms with Crippen LogP contribution in [0.4, 0.5) is 5.69 Å². The Morgan fingerprint density at radius 3 is 2.54 bits per heavy atom.